The van der Waals surface area contributed by atoms with Crippen molar-refractivity contribution < 1.29 is 9.53 Å². The Hall–Kier alpha value is -2.42. The van der Waals surface area contributed by atoms with Crippen LogP contribution in [0.5, 0.6) is 0 Å². The molecule has 0 saturated carbocycles. The molecule has 23 heavy (non-hydrogen) atoms. The van der Waals surface area contributed by atoms with Crippen molar-refractivity contribution in [1.29, 1.82) is 0 Å². The third-order valence-corrected chi connectivity index (χ3v) is 3.68. The van der Waals surface area contributed by atoms with Gasteiger partial charge in [0.05, 0.1) is 12.6 Å². The van der Waals surface area contributed by atoms with E-state index in [1.54, 1.807) is 0 Å². The number of hydrogen-bond acceptors (Lipinski definition) is 3. The van der Waals surface area contributed by atoms with Crippen molar-refractivity contribution in [2.24, 2.45) is 4.99 Å². The Morgan fingerprint density at radius 2 is 1.83 bits per heavy atom. The molecule has 1 atom stereocenters. The number of carbonyl (C=O) groups is 1. The highest BCUT2D eigenvalue weighted by Crippen LogP contribution is 2.17. The molecule has 0 radical (unpaired) electrons. The second-order valence-electron chi connectivity index (χ2n) is 5.37. The van der Waals surface area contributed by atoms with Crippen LogP contribution in [0.4, 0.5) is 0 Å². The molecular formula is C20H23NO2. The lowest BCUT2D eigenvalue weighted by atomic mass is 10.0. The number of ether oxygens (including phenoxy) is 1. The first-order chi connectivity index (χ1) is 11.2. The van der Waals surface area contributed by atoms with Crippen molar-refractivity contribution in [3.63, 3.8) is 0 Å². The molecule has 0 unspecified atom stereocenters. The molecule has 0 aliphatic heterocycles. The fraction of sp³-hybridized carbons (Fsp3) is 0.300. The van der Waals surface area contributed by atoms with Crippen molar-refractivity contribution >= 4 is 12.2 Å². The molecule has 0 amide bonds. The summed E-state index contributed by atoms with van der Waals surface area (Å²) in [6.45, 7) is 4.33. The number of aliphatic imine (C=N–C) groups is 1. The summed E-state index contributed by atoms with van der Waals surface area (Å²) in [6.07, 6.45) is 2.96. The van der Waals surface area contributed by atoms with Crippen LogP contribution >= 0.6 is 0 Å². The number of aryl methyl sites for hydroxylation is 1. The number of esters is 1. The number of benzene rings is 2. The molecule has 0 aromatic heterocycles. The summed E-state index contributed by atoms with van der Waals surface area (Å²) < 4.78 is 4.99. The fourth-order valence-corrected chi connectivity index (χ4v) is 2.37. The average Bonchev–Trinajstić information content (AvgIpc) is 2.59. The Labute approximate surface area is 138 Å². The first-order valence-electron chi connectivity index (χ1n) is 8.02. The third-order valence-electron chi connectivity index (χ3n) is 3.68. The van der Waals surface area contributed by atoms with Crippen LogP contribution in [0, 0.1) is 0 Å². The van der Waals surface area contributed by atoms with Gasteiger partial charge in [0.2, 0.25) is 0 Å². The molecule has 0 spiro atoms. The van der Waals surface area contributed by atoms with E-state index in [2.05, 4.69) is 24.0 Å². The van der Waals surface area contributed by atoms with E-state index in [0.29, 0.717) is 19.4 Å². The zero-order valence-corrected chi connectivity index (χ0v) is 13.7. The summed E-state index contributed by atoms with van der Waals surface area (Å²) in [5.74, 6) is -0.156. The lowest BCUT2D eigenvalue weighted by Gasteiger charge is -2.08. The summed E-state index contributed by atoms with van der Waals surface area (Å²) in [5.41, 5.74) is 3.36. The highest BCUT2D eigenvalue weighted by molar-refractivity contribution is 5.82. The Balaban J connectivity index is 2.05. The highest BCUT2D eigenvalue weighted by atomic mass is 16.5. The summed E-state index contributed by atoms with van der Waals surface area (Å²) >= 11 is 0. The molecule has 0 saturated heterocycles. The number of nitrogens with zero attached hydrogens (tertiary/aromatic N) is 1. The molecule has 0 bridgehead atoms. The van der Waals surface area contributed by atoms with Crippen molar-refractivity contribution in [2.45, 2.75) is 32.7 Å². The van der Waals surface area contributed by atoms with Crippen LogP contribution in [0.1, 0.15) is 43.0 Å². The van der Waals surface area contributed by atoms with Crippen LogP contribution in [0.3, 0.4) is 0 Å². The Bertz CT molecular complexity index is 650. The van der Waals surface area contributed by atoms with Gasteiger partial charge in [0.1, 0.15) is 0 Å². The van der Waals surface area contributed by atoms with E-state index in [4.69, 9.17) is 4.74 Å². The zero-order chi connectivity index (χ0) is 16.5. The van der Waals surface area contributed by atoms with E-state index < -0.39 is 0 Å². The maximum absolute atomic E-state index is 11.5. The second-order valence-corrected chi connectivity index (χ2v) is 5.37. The normalized spacial score (nSPS) is 12.3. The average molecular weight is 309 g/mol. The Morgan fingerprint density at radius 3 is 2.57 bits per heavy atom. The van der Waals surface area contributed by atoms with Crippen molar-refractivity contribution in [2.75, 3.05) is 6.61 Å². The molecule has 3 heteroatoms. The number of hydrogen-bond donors (Lipinski definition) is 0. The van der Waals surface area contributed by atoms with Gasteiger partial charge in [0, 0.05) is 12.6 Å². The van der Waals surface area contributed by atoms with Crippen molar-refractivity contribution in [1.82, 2.24) is 0 Å². The lowest BCUT2D eigenvalue weighted by molar-refractivity contribution is -0.143. The quantitative estimate of drug-likeness (QED) is 0.563. The number of carbonyl (C=O) groups excluding carboxylic acids is 1. The summed E-state index contributed by atoms with van der Waals surface area (Å²) in [6, 6.07) is 18.3. The van der Waals surface area contributed by atoms with Crippen LogP contribution in [0.2, 0.25) is 0 Å². The maximum Gasteiger partial charge on any atom is 0.306 e. The molecule has 2 rings (SSSR count). The minimum absolute atomic E-state index is 0.106. The molecule has 2 aromatic carbocycles. The predicted molar refractivity (Wildman–Crippen MR) is 93.8 cm³/mol. The molecule has 0 heterocycles. The molecule has 0 aliphatic carbocycles. The third kappa shape index (κ3) is 5.37. The van der Waals surface area contributed by atoms with E-state index in [1.807, 2.05) is 55.6 Å². The molecule has 0 N–H and O–H groups in total. The van der Waals surface area contributed by atoms with Gasteiger partial charge in [-0.3, -0.25) is 9.79 Å². The van der Waals surface area contributed by atoms with E-state index in [-0.39, 0.29) is 12.0 Å². The van der Waals surface area contributed by atoms with Gasteiger partial charge in [0.15, 0.2) is 0 Å². The van der Waals surface area contributed by atoms with Gasteiger partial charge in [0.25, 0.3) is 0 Å². The van der Waals surface area contributed by atoms with Crippen LogP contribution in [-0.2, 0) is 16.0 Å². The monoisotopic (exact) mass is 309 g/mol. The number of rotatable bonds is 7. The summed E-state index contributed by atoms with van der Waals surface area (Å²) in [5, 5.41) is 0. The smallest absolute Gasteiger partial charge is 0.306 e. The standard InChI is InChI=1S/C20H23NO2/c1-3-23-20(22)14-13-18-11-7-8-12-19(18)15-21-16(2)17-9-5-4-6-10-17/h4-12,15-16H,3,13-14H2,1-2H3/t16-/m0/s1. The van der Waals surface area contributed by atoms with Crippen LogP contribution in [-0.4, -0.2) is 18.8 Å². The minimum atomic E-state index is -0.156. The van der Waals surface area contributed by atoms with Gasteiger partial charge >= 0.3 is 5.97 Å². The van der Waals surface area contributed by atoms with E-state index in [9.17, 15) is 4.79 Å². The topological polar surface area (TPSA) is 38.7 Å². The highest BCUT2D eigenvalue weighted by Gasteiger charge is 2.06. The Kier molecular flexibility index (Phi) is 6.55. The largest absolute Gasteiger partial charge is 0.466 e. The van der Waals surface area contributed by atoms with E-state index in [0.717, 1.165) is 11.1 Å². The molecule has 0 aliphatic rings. The molecule has 2 aromatic rings. The van der Waals surface area contributed by atoms with Crippen LogP contribution < -0.4 is 0 Å². The fourth-order valence-electron chi connectivity index (χ4n) is 2.37. The van der Waals surface area contributed by atoms with Gasteiger partial charge < -0.3 is 4.74 Å². The molecule has 120 valence electrons. The van der Waals surface area contributed by atoms with E-state index >= 15 is 0 Å². The SMILES string of the molecule is CCOC(=O)CCc1ccccc1C=N[C@@H](C)c1ccccc1. The summed E-state index contributed by atoms with van der Waals surface area (Å²) in [7, 11) is 0. The van der Waals surface area contributed by atoms with Gasteiger partial charge in [-0.15, -0.1) is 0 Å². The lowest BCUT2D eigenvalue weighted by Crippen LogP contribution is -2.06. The first-order valence-corrected chi connectivity index (χ1v) is 8.02. The molecule has 0 fully saturated rings. The Morgan fingerprint density at radius 1 is 1.13 bits per heavy atom. The van der Waals surface area contributed by atoms with Crippen LogP contribution in [0.25, 0.3) is 0 Å². The van der Waals surface area contributed by atoms with E-state index in [1.165, 1.54) is 5.56 Å². The van der Waals surface area contributed by atoms with Crippen molar-refractivity contribution in [3.8, 4) is 0 Å². The molecule has 3 nitrogen and oxygen atoms in total. The van der Waals surface area contributed by atoms with Crippen LogP contribution in [0.15, 0.2) is 59.6 Å². The zero-order valence-electron chi connectivity index (χ0n) is 13.7. The summed E-state index contributed by atoms with van der Waals surface area (Å²) in [4.78, 5) is 16.2. The predicted octanol–water partition coefficient (Wildman–Crippen LogP) is 4.36. The van der Waals surface area contributed by atoms with Gasteiger partial charge in [-0.25, -0.2) is 0 Å². The minimum Gasteiger partial charge on any atom is -0.466 e. The van der Waals surface area contributed by atoms with Gasteiger partial charge in [-0.05, 0) is 37.0 Å². The van der Waals surface area contributed by atoms with Gasteiger partial charge in [-0.2, -0.15) is 0 Å². The van der Waals surface area contributed by atoms with Crippen molar-refractivity contribution in [3.05, 3.63) is 71.3 Å². The first kappa shape index (κ1) is 16.9. The molecular weight excluding hydrogens is 286 g/mol. The maximum atomic E-state index is 11.5. The second kappa shape index (κ2) is 8.89. The van der Waals surface area contributed by atoms with Gasteiger partial charge in [-0.1, -0.05) is 54.6 Å².